The molecule has 11 amide bonds. The van der Waals surface area contributed by atoms with Gasteiger partial charge in [-0.25, -0.2) is 0 Å². The molecule has 25 nitrogen and oxygen atoms in total. The van der Waals surface area contributed by atoms with Gasteiger partial charge >= 0.3 is 0 Å². The van der Waals surface area contributed by atoms with Gasteiger partial charge in [0.2, 0.25) is 65.0 Å². The lowest BCUT2D eigenvalue weighted by Gasteiger charge is -2.41. The van der Waals surface area contributed by atoms with E-state index < -0.39 is 168 Å². The van der Waals surface area contributed by atoms with Gasteiger partial charge in [-0.05, 0) is 102 Å². The van der Waals surface area contributed by atoms with E-state index in [1.165, 1.54) is 88.9 Å². The molecule has 0 aromatic rings. The van der Waals surface area contributed by atoms with Gasteiger partial charge in [0.1, 0.15) is 66.5 Å². The van der Waals surface area contributed by atoms with E-state index in [9.17, 15) is 48.6 Å². The molecule has 520 valence electrons. The first-order valence-electron chi connectivity index (χ1n) is 32.3. The van der Waals surface area contributed by atoms with E-state index in [-0.39, 0.29) is 62.9 Å². The summed E-state index contributed by atoms with van der Waals surface area (Å²) in [5, 5.41) is 34.1. The molecule has 1 fully saturated rings. The van der Waals surface area contributed by atoms with Crippen LogP contribution in [0.4, 0.5) is 0 Å². The van der Waals surface area contributed by atoms with Crippen LogP contribution in [-0.2, 0) is 57.5 Å². The largest absolute Gasteiger partial charge is 0.394 e. The van der Waals surface area contributed by atoms with Crippen molar-refractivity contribution < 1.29 is 67.7 Å². The average molecular weight is 1290 g/mol. The Balaban J connectivity index is 4.51. The fraction of sp³-hybridized carbons (Fsp3) is 0.773. The van der Waals surface area contributed by atoms with Gasteiger partial charge in [-0.15, -0.1) is 6.58 Å². The number of amides is 11. The number of aliphatic hydroxyl groups excluding tert-OH is 2. The number of allylic oxidation sites excluding steroid dienone is 2. The lowest BCUT2D eigenvalue weighted by Crippen LogP contribution is -2.64. The maximum atomic E-state index is 15.2. The minimum absolute atomic E-state index is 0.0505. The molecular formula is C66H117N11O14. The predicted octanol–water partition coefficient (Wildman–Crippen LogP) is 2.96. The Bertz CT molecular complexity index is 2520. The Morgan fingerprint density at radius 2 is 0.945 bits per heavy atom. The summed E-state index contributed by atoms with van der Waals surface area (Å²) in [6.07, 6.45) is 3.83. The minimum Gasteiger partial charge on any atom is -0.394 e. The van der Waals surface area contributed by atoms with E-state index in [1.807, 2.05) is 41.5 Å². The Kier molecular flexibility index (Phi) is 33.8. The van der Waals surface area contributed by atoms with Gasteiger partial charge in [-0.1, -0.05) is 101 Å². The molecule has 25 heteroatoms. The normalized spacial score (nSPS) is 26.8. The number of carbonyl (C=O) groups excluding carboxylic acids is 11. The highest BCUT2D eigenvalue weighted by molar-refractivity contribution is 6.00. The highest BCUT2D eigenvalue weighted by Crippen LogP contribution is 2.27. The molecule has 0 spiro atoms. The van der Waals surface area contributed by atoms with E-state index in [0.29, 0.717) is 0 Å². The second kappa shape index (κ2) is 37.3. The Labute approximate surface area is 543 Å². The first-order chi connectivity index (χ1) is 42.0. The second-order valence-corrected chi connectivity index (χ2v) is 27.4. The van der Waals surface area contributed by atoms with Gasteiger partial charge in [0.15, 0.2) is 0 Å². The molecule has 1 heterocycles. The molecule has 0 radical (unpaired) electrons. The van der Waals surface area contributed by atoms with E-state index in [4.69, 9.17) is 4.74 Å². The summed E-state index contributed by atoms with van der Waals surface area (Å²) in [6, 6.07) is -14.9. The molecule has 6 N–H and O–H groups in total. The van der Waals surface area contributed by atoms with Crippen molar-refractivity contribution >= 4 is 65.0 Å². The van der Waals surface area contributed by atoms with Crippen LogP contribution >= 0.6 is 0 Å². The molecule has 1 saturated heterocycles. The summed E-state index contributed by atoms with van der Waals surface area (Å²) in [4.78, 5) is 171. The van der Waals surface area contributed by atoms with Crippen LogP contribution in [0.5, 0.6) is 0 Å². The van der Waals surface area contributed by atoms with Gasteiger partial charge in [0, 0.05) is 55.8 Å². The van der Waals surface area contributed by atoms with Crippen molar-refractivity contribution in [2.45, 2.75) is 234 Å². The highest BCUT2D eigenvalue weighted by atomic mass is 16.5. The van der Waals surface area contributed by atoms with Crippen molar-refractivity contribution in [3.63, 3.8) is 0 Å². The summed E-state index contributed by atoms with van der Waals surface area (Å²) < 4.78 is 6.04. The van der Waals surface area contributed by atoms with E-state index in [1.54, 1.807) is 74.5 Å². The van der Waals surface area contributed by atoms with Crippen LogP contribution in [0.2, 0.25) is 0 Å². The number of ether oxygens (including phenoxy) is 1. The van der Waals surface area contributed by atoms with Crippen molar-refractivity contribution in [1.29, 1.82) is 0 Å². The van der Waals surface area contributed by atoms with Crippen LogP contribution in [0.25, 0.3) is 0 Å². The van der Waals surface area contributed by atoms with Gasteiger partial charge in [-0.3, -0.25) is 52.7 Å². The first kappa shape index (κ1) is 82.5. The fourth-order valence-corrected chi connectivity index (χ4v) is 11.3. The third-order valence-electron chi connectivity index (χ3n) is 17.1. The zero-order valence-corrected chi connectivity index (χ0v) is 59.4. The number of aliphatic hydroxyl groups is 2. The molecule has 0 unspecified atom stereocenters. The van der Waals surface area contributed by atoms with Gasteiger partial charge in [0.25, 0.3) is 0 Å². The summed E-state index contributed by atoms with van der Waals surface area (Å²) in [6.45, 7) is 31.9. The van der Waals surface area contributed by atoms with E-state index in [2.05, 4.69) is 27.8 Å². The van der Waals surface area contributed by atoms with Crippen molar-refractivity contribution in [3.8, 4) is 0 Å². The number of likely N-dealkylation sites (N-methyl/N-ethyl adjacent to an activating group) is 7. The summed E-state index contributed by atoms with van der Waals surface area (Å²) >= 11 is 0. The van der Waals surface area contributed by atoms with Crippen molar-refractivity contribution in [1.82, 2.24) is 55.6 Å². The van der Waals surface area contributed by atoms with Crippen LogP contribution in [0, 0.1) is 35.5 Å². The molecular weight excluding hydrogens is 1170 g/mol. The molecule has 0 aliphatic carbocycles. The average Bonchev–Trinajstić information content (AvgIpc) is 1.10. The van der Waals surface area contributed by atoms with Gasteiger partial charge in [0.05, 0.1) is 24.9 Å². The highest BCUT2D eigenvalue weighted by Gasteiger charge is 2.47. The maximum Gasteiger partial charge on any atom is 0.248 e. The Hall–Kier alpha value is -6.47. The zero-order valence-electron chi connectivity index (χ0n) is 59.4. The molecule has 1 aliphatic heterocycles. The van der Waals surface area contributed by atoms with Crippen LogP contribution < -0.4 is 21.3 Å². The topological polar surface area (TPSA) is 308 Å². The minimum atomic E-state index is -1.69. The van der Waals surface area contributed by atoms with Crippen molar-refractivity contribution in [2.75, 3.05) is 62.5 Å². The molecule has 1 aliphatic rings. The number of hydrogen-bond donors (Lipinski definition) is 6. The third-order valence-corrected chi connectivity index (χ3v) is 17.1. The quantitative estimate of drug-likeness (QED) is 0.101. The first-order valence-corrected chi connectivity index (χ1v) is 32.3. The Morgan fingerprint density at radius 3 is 1.41 bits per heavy atom. The van der Waals surface area contributed by atoms with E-state index >= 15 is 14.4 Å². The van der Waals surface area contributed by atoms with Crippen molar-refractivity contribution in [3.05, 3.63) is 24.8 Å². The number of nitrogens with one attached hydrogen (secondary N) is 4. The molecule has 0 aromatic carbocycles. The molecule has 0 saturated carbocycles. The molecule has 13 atom stereocenters. The van der Waals surface area contributed by atoms with Gasteiger partial charge < -0.3 is 70.5 Å². The van der Waals surface area contributed by atoms with Crippen LogP contribution in [-0.4, -0.2) is 250 Å². The van der Waals surface area contributed by atoms with Crippen LogP contribution in [0.15, 0.2) is 24.8 Å². The van der Waals surface area contributed by atoms with Crippen LogP contribution in [0.1, 0.15) is 156 Å². The van der Waals surface area contributed by atoms with Gasteiger partial charge in [-0.2, -0.15) is 0 Å². The SMILES string of the molecule is C=CCOC(C)(C)C[C@H]1C(=O)N[C@@H](C(C)C)C(=O)N(C)[C@@H](CC(C)C)C(=O)N[C@@H](C)C(=O)N[C@H](C)C(=O)N(C)[C@@H](CC(C)C)C(=O)N(C)[C@@H](CC(C)C)C(=O)N(C)[C@@H](C(C)C)C(=O)N(C)[C@@H]([C@H](O)[C@H](C)CC=CC)C(=O)N[C@@H](CC)C(=O)N(C)[C@H](CO)C(=O)N1C. The monoisotopic (exact) mass is 1290 g/mol. The smallest absolute Gasteiger partial charge is 0.248 e. The van der Waals surface area contributed by atoms with E-state index in [0.717, 1.165) is 14.7 Å². The third kappa shape index (κ3) is 23.0. The number of rotatable bonds is 19. The summed E-state index contributed by atoms with van der Waals surface area (Å²) in [5.74, 6) is -10.8. The summed E-state index contributed by atoms with van der Waals surface area (Å²) in [7, 11) is 9.54. The Morgan fingerprint density at radius 1 is 0.516 bits per heavy atom. The second-order valence-electron chi connectivity index (χ2n) is 27.4. The van der Waals surface area contributed by atoms with Crippen molar-refractivity contribution in [2.24, 2.45) is 35.5 Å². The standard InChI is InChI=1S/C66H117N11O14/c1-26-29-30-42(14)54(79)53-58(83)69-45(28-3)60(85)75(23)50(36-78)63(88)74(22)49(35-66(17,18)91-31-27-2)57(82)70-51(40(10)11)64(89)71(19)46(32-37(4)5)56(81)67-43(15)55(80)68-44(16)59(84)72(20)47(33-38(6)7)61(86)73(21)48(34-39(8)9)62(87)76(24)52(41(12)13)65(90)77(53)25/h26-27,29,37-54,78-79H,2,28,30-36H2,1,3-25H3,(H,67,81)(H,68,80)(H,69,83)(H,70,82)/t42-,43+,44-,45+,46+,47+,48+,49+,50-,51+,52+,53+,54-/m1/s1. The molecule has 0 aromatic heterocycles. The number of hydrogen-bond acceptors (Lipinski definition) is 14. The lowest BCUT2D eigenvalue weighted by atomic mass is 9.91. The molecule has 0 bridgehead atoms. The number of carbonyl (C=O) groups is 11. The molecule has 1 rings (SSSR count). The predicted molar refractivity (Wildman–Crippen MR) is 350 cm³/mol. The maximum absolute atomic E-state index is 15.2. The zero-order chi connectivity index (χ0) is 70.6. The van der Waals surface area contributed by atoms with Crippen LogP contribution in [0.3, 0.4) is 0 Å². The fourth-order valence-electron chi connectivity index (χ4n) is 11.3. The summed E-state index contributed by atoms with van der Waals surface area (Å²) in [5.41, 5.74) is -1.14. The lowest BCUT2D eigenvalue weighted by molar-refractivity contribution is -0.157. The molecule has 91 heavy (non-hydrogen) atoms. The number of nitrogens with zero attached hydrogens (tertiary/aromatic N) is 7.